The number of aryl methyl sites for hydroxylation is 1. The Balaban J connectivity index is 1.42. The van der Waals surface area contributed by atoms with E-state index in [-0.39, 0.29) is 5.69 Å². The summed E-state index contributed by atoms with van der Waals surface area (Å²) in [4.78, 5) is 12.1. The lowest BCUT2D eigenvalue weighted by molar-refractivity contribution is 0.616. The Hall–Kier alpha value is -3.06. The maximum atomic E-state index is 12.1. The van der Waals surface area contributed by atoms with Crippen LogP contribution in [0, 0.1) is 0 Å². The molecule has 0 saturated carbocycles. The van der Waals surface area contributed by atoms with E-state index in [9.17, 15) is 4.79 Å². The third-order valence-electron chi connectivity index (χ3n) is 4.20. The van der Waals surface area contributed by atoms with Crippen molar-refractivity contribution in [3.05, 3.63) is 94.7 Å². The Morgan fingerprint density at radius 1 is 0.963 bits per heavy atom. The molecule has 0 saturated heterocycles. The fourth-order valence-corrected chi connectivity index (χ4v) is 3.67. The first-order valence-corrected chi connectivity index (χ1v) is 9.70. The first-order valence-electron chi connectivity index (χ1n) is 8.71. The van der Waals surface area contributed by atoms with Crippen LogP contribution in [-0.2, 0) is 18.7 Å². The van der Waals surface area contributed by atoms with E-state index in [2.05, 4.69) is 27.4 Å². The van der Waals surface area contributed by atoms with Gasteiger partial charge in [0.15, 0.2) is 5.16 Å². The Labute approximate surface area is 160 Å². The fraction of sp³-hybridized carbons (Fsp3) is 0.150. The van der Waals surface area contributed by atoms with Crippen molar-refractivity contribution < 1.29 is 0 Å². The van der Waals surface area contributed by atoms with Crippen molar-refractivity contribution in [1.82, 2.24) is 24.5 Å². The Bertz CT molecular complexity index is 1050. The van der Waals surface area contributed by atoms with Crippen LogP contribution in [0.1, 0.15) is 11.3 Å². The molecule has 6 nitrogen and oxygen atoms in total. The van der Waals surface area contributed by atoms with Crippen LogP contribution in [-0.4, -0.2) is 24.5 Å². The van der Waals surface area contributed by atoms with Crippen LogP contribution < -0.4 is 5.69 Å². The maximum Gasteiger partial charge on any atom is 0.343 e. The van der Waals surface area contributed by atoms with E-state index in [1.54, 1.807) is 4.57 Å². The smallest absolute Gasteiger partial charge is 0.270 e. The molecule has 136 valence electrons. The zero-order valence-corrected chi connectivity index (χ0v) is 15.5. The molecule has 2 aromatic heterocycles. The van der Waals surface area contributed by atoms with Crippen molar-refractivity contribution in [2.24, 2.45) is 0 Å². The summed E-state index contributed by atoms with van der Waals surface area (Å²) >= 11 is 1.51. The molecule has 1 N–H and O–H groups in total. The second-order valence-corrected chi connectivity index (χ2v) is 7.02. The van der Waals surface area contributed by atoms with Gasteiger partial charge in [0, 0.05) is 18.5 Å². The number of aromatic amines is 1. The molecular weight excluding hydrogens is 358 g/mol. The number of hydrogen-bond donors (Lipinski definition) is 1. The lowest BCUT2D eigenvalue weighted by Gasteiger charge is -2.05. The average molecular weight is 377 g/mol. The van der Waals surface area contributed by atoms with Crippen LogP contribution in [0.3, 0.4) is 0 Å². The standard InChI is InChI=1S/C20H19N5OS/c26-19-21-22-20(24(19)13-11-16-7-3-1-4-8-16)27-15-17-12-14-25(23-17)18-9-5-2-6-10-18/h1-10,12,14H,11,13,15H2,(H,21,26). The van der Waals surface area contributed by atoms with Crippen molar-refractivity contribution in [3.63, 3.8) is 0 Å². The molecule has 0 aliphatic heterocycles. The summed E-state index contributed by atoms with van der Waals surface area (Å²) in [6.45, 7) is 0.597. The molecular formula is C20H19N5OS. The number of thioether (sulfide) groups is 1. The number of benzene rings is 2. The summed E-state index contributed by atoms with van der Waals surface area (Å²) < 4.78 is 3.54. The average Bonchev–Trinajstić information content (AvgIpc) is 3.33. The summed E-state index contributed by atoms with van der Waals surface area (Å²) in [5, 5.41) is 12.0. The molecule has 4 aromatic rings. The van der Waals surface area contributed by atoms with Crippen molar-refractivity contribution >= 4 is 11.8 Å². The SMILES string of the molecule is O=c1[nH]nc(SCc2ccn(-c3ccccc3)n2)n1CCc1ccccc1. The summed E-state index contributed by atoms with van der Waals surface area (Å²) in [6.07, 6.45) is 2.73. The summed E-state index contributed by atoms with van der Waals surface area (Å²) in [5.74, 6) is 0.648. The second kappa shape index (κ2) is 8.09. The quantitative estimate of drug-likeness (QED) is 0.502. The number of aromatic nitrogens is 5. The largest absolute Gasteiger partial charge is 0.343 e. The number of para-hydroxylation sites is 1. The monoisotopic (exact) mass is 377 g/mol. The molecule has 4 rings (SSSR count). The van der Waals surface area contributed by atoms with Crippen LogP contribution in [0.4, 0.5) is 0 Å². The molecule has 7 heteroatoms. The van der Waals surface area contributed by atoms with Crippen molar-refractivity contribution in [2.45, 2.75) is 23.9 Å². The van der Waals surface area contributed by atoms with E-state index in [1.807, 2.05) is 65.5 Å². The van der Waals surface area contributed by atoms with E-state index in [0.29, 0.717) is 17.5 Å². The number of nitrogens with one attached hydrogen (secondary N) is 1. The lowest BCUT2D eigenvalue weighted by atomic mass is 10.1. The molecule has 0 fully saturated rings. The van der Waals surface area contributed by atoms with Gasteiger partial charge in [0.1, 0.15) is 0 Å². The first kappa shape index (κ1) is 17.4. The topological polar surface area (TPSA) is 68.5 Å². The lowest BCUT2D eigenvalue weighted by Crippen LogP contribution is -2.18. The van der Waals surface area contributed by atoms with Crippen LogP contribution in [0.25, 0.3) is 5.69 Å². The van der Waals surface area contributed by atoms with Gasteiger partial charge in [-0.3, -0.25) is 4.57 Å². The van der Waals surface area contributed by atoms with Crippen LogP contribution in [0.5, 0.6) is 0 Å². The molecule has 0 aliphatic rings. The van der Waals surface area contributed by atoms with E-state index < -0.39 is 0 Å². The summed E-state index contributed by atoms with van der Waals surface area (Å²) in [6, 6.07) is 22.1. The highest BCUT2D eigenvalue weighted by atomic mass is 32.2. The molecule has 0 amide bonds. The predicted octanol–water partition coefficient (Wildman–Crippen LogP) is 3.29. The third kappa shape index (κ3) is 4.20. The normalized spacial score (nSPS) is 11.0. The van der Waals surface area contributed by atoms with E-state index in [1.165, 1.54) is 17.3 Å². The minimum atomic E-state index is -0.178. The minimum Gasteiger partial charge on any atom is -0.270 e. The summed E-state index contributed by atoms with van der Waals surface area (Å²) in [7, 11) is 0. The fourth-order valence-electron chi connectivity index (χ4n) is 2.80. The molecule has 0 radical (unpaired) electrons. The molecule has 0 unspecified atom stereocenters. The van der Waals surface area contributed by atoms with Crippen LogP contribution in [0.15, 0.2) is 82.9 Å². The number of H-pyrrole nitrogens is 1. The molecule has 0 atom stereocenters. The first-order chi connectivity index (χ1) is 13.3. The third-order valence-corrected chi connectivity index (χ3v) is 5.21. The van der Waals surface area contributed by atoms with Crippen molar-refractivity contribution in [2.75, 3.05) is 0 Å². The van der Waals surface area contributed by atoms with Gasteiger partial charge in [-0.2, -0.15) is 5.10 Å². The molecule has 27 heavy (non-hydrogen) atoms. The molecule has 0 spiro atoms. The van der Waals surface area contributed by atoms with Gasteiger partial charge in [0.2, 0.25) is 0 Å². The van der Waals surface area contributed by atoms with Gasteiger partial charge in [0.05, 0.1) is 11.4 Å². The number of nitrogens with zero attached hydrogens (tertiary/aromatic N) is 4. The van der Waals surface area contributed by atoms with Crippen LogP contribution in [0.2, 0.25) is 0 Å². The van der Waals surface area contributed by atoms with Gasteiger partial charge in [0.25, 0.3) is 0 Å². The van der Waals surface area contributed by atoms with Gasteiger partial charge >= 0.3 is 5.69 Å². The Morgan fingerprint density at radius 2 is 1.70 bits per heavy atom. The highest BCUT2D eigenvalue weighted by Gasteiger charge is 2.10. The maximum absolute atomic E-state index is 12.1. The zero-order chi connectivity index (χ0) is 18.5. The zero-order valence-electron chi connectivity index (χ0n) is 14.7. The van der Waals surface area contributed by atoms with Crippen molar-refractivity contribution in [1.29, 1.82) is 0 Å². The van der Waals surface area contributed by atoms with E-state index >= 15 is 0 Å². The van der Waals surface area contributed by atoms with Crippen LogP contribution >= 0.6 is 11.8 Å². The van der Waals surface area contributed by atoms with Gasteiger partial charge in [-0.25, -0.2) is 14.6 Å². The Morgan fingerprint density at radius 3 is 2.48 bits per heavy atom. The van der Waals surface area contributed by atoms with E-state index in [4.69, 9.17) is 0 Å². The van der Waals surface area contributed by atoms with Gasteiger partial charge in [-0.1, -0.05) is 60.3 Å². The van der Waals surface area contributed by atoms with Gasteiger partial charge < -0.3 is 0 Å². The highest BCUT2D eigenvalue weighted by molar-refractivity contribution is 7.98. The minimum absolute atomic E-state index is 0.178. The van der Waals surface area contributed by atoms with Gasteiger partial charge in [-0.15, -0.1) is 5.10 Å². The second-order valence-electron chi connectivity index (χ2n) is 6.07. The predicted molar refractivity (Wildman–Crippen MR) is 106 cm³/mol. The van der Waals surface area contributed by atoms with Crippen molar-refractivity contribution in [3.8, 4) is 5.69 Å². The van der Waals surface area contributed by atoms with E-state index in [0.717, 1.165) is 17.8 Å². The number of rotatable bonds is 7. The Kier molecular flexibility index (Phi) is 5.20. The molecule has 2 aromatic carbocycles. The molecule has 0 bridgehead atoms. The molecule has 0 aliphatic carbocycles. The molecule has 2 heterocycles. The van der Waals surface area contributed by atoms with Gasteiger partial charge in [-0.05, 0) is 30.2 Å². The summed E-state index contributed by atoms with van der Waals surface area (Å²) in [5.41, 5.74) is 2.98. The number of hydrogen-bond acceptors (Lipinski definition) is 4. The highest BCUT2D eigenvalue weighted by Crippen LogP contribution is 2.19.